The van der Waals surface area contributed by atoms with Crippen LogP contribution in [0.1, 0.15) is 22.5 Å². The lowest BCUT2D eigenvalue weighted by Crippen LogP contribution is -2.32. The number of aromatic nitrogens is 4. The Morgan fingerprint density at radius 1 is 1.00 bits per heavy atom. The van der Waals surface area contributed by atoms with E-state index in [4.69, 9.17) is 4.74 Å². The number of carbonyl (C=O) groups is 1. The van der Waals surface area contributed by atoms with Gasteiger partial charge in [-0.05, 0) is 34.0 Å². The maximum absolute atomic E-state index is 13.9. The third-order valence-corrected chi connectivity index (χ3v) is 7.80. The van der Waals surface area contributed by atoms with E-state index < -0.39 is 5.69 Å². The third-order valence-electron chi connectivity index (χ3n) is 7.27. The minimum absolute atomic E-state index is 0.102. The molecule has 1 N–H and O–H groups in total. The highest BCUT2D eigenvalue weighted by atomic mass is 79.9. The van der Waals surface area contributed by atoms with Crippen LogP contribution in [-0.4, -0.2) is 61.9 Å². The van der Waals surface area contributed by atoms with Crippen LogP contribution in [0.4, 0.5) is 0 Å². The second-order valence-electron chi connectivity index (χ2n) is 9.99. The molecular weight excluding hydrogens is 586 g/mol. The highest BCUT2D eigenvalue weighted by molar-refractivity contribution is 9.10. The smallest absolute Gasteiger partial charge is 0.331 e. The van der Waals surface area contributed by atoms with Crippen molar-refractivity contribution in [3.8, 4) is 5.88 Å². The van der Waals surface area contributed by atoms with Crippen LogP contribution in [0.3, 0.4) is 0 Å². The summed E-state index contributed by atoms with van der Waals surface area (Å²) in [7, 11) is 3.26. The van der Waals surface area contributed by atoms with Gasteiger partial charge in [-0.2, -0.15) is 0 Å². The lowest BCUT2D eigenvalue weighted by atomic mass is 10.0. The van der Waals surface area contributed by atoms with E-state index in [0.717, 1.165) is 32.1 Å². The molecule has 0 saturated carbocycles. The molecule has 9 nitrogen and oxygen atoms in total. The fourth-order valence-corrected chi connectivity index (χ4v) is 5.18. The van der Waals surface area contributed by atoms with Gasteiger partial charge in [-0.15, -0.1) is 0 Å². The Morgan fingerprint density at radius 3 is 2.54 bits per heavy atom. The number of hydrogen-bond acceptors (Lipinski definition) is 5. The molecule has 5 rings (SSSR count). The molecule has 0 radical (unpaired) electrons. The first-order valence-corrected chi connectivity index (χ1v) is 14.1. The number of halogens is 1. The van der Waals surface area contributed by atoms with E-state index in [1.54, 1.807) is 31.6 Å². The van der Waals surface area contributed by atoms with Crippen LogP contribution < -0.4 is 5.69 Å². The Bertz CT molecular complexity index is 1720. The Hall–Kier alpha value is -4.15. The normalized spacial score (nSPS) is 11.3. The number of carbonyl (C=O) groups excluding carboxylic acids is 1. The van der Waals surface area contributed by atoms with Gasteiger partial charge in [0.1, 0.15) is 0 Å². The average Bonchev–Trinajstić information content (AvgIpc) is 3.50. The molecule has 1 amide bonds. The number of methoxy groups -OCH3 is 1. The molecule has 0 spiro atoms. The molecule has 0 fully saturated rings. The monoisotopic (exact) mass is 617 g/mol. The number of hydrogen-bond donors (Lipinski definition) is 1. The molecule has 0 atom stereocenters. The predicted octanol–water partition coefficient (Wildman–Crippen LogP) is 4.26. The zero-order valence-corrected chi connectivity index (χ0v) is 24.6. The van der Waals surface area contributed by atoms with Gasteiger partial charge in [0.05, 0.1) is 43.8 Å². The number of likely N-dealkylation sites (N-methyl/N-ethyl adjacent to an activating group) is 1. The molecular formula is C31H32BrN5O4. The second-order valence-corrected chi connectivity index (χ2v) is 10.9. The Morgan fingerprint density at radius 2 is 1.76 bits per heavy atom. The molecule has 2 aromatic heterocycles. The minimum atomic E-state index is -0.394. The number of rotatable bonds is 11. The molecule has 0 aliphatic carbocycles. The summed E-state index contributed by atoms with van der Waals surface area (Å²) in [4.78, 5) is 32.9. The topological polar surface area (TPSA) is 94.5 Å². The molecule has 0 aliphatic heterocycles. The van der Waals surface area contributed by atoms with Crippen LogP contribution in [-0.2, 0) is 35.6 Å². The van der Waals surface area contributed by atoms with E-state index in [1.807, 2.05) is 71.3 Å². The van der Waals surface area contributed by atoms with E-state index in [1.165, 1.54) is 9.13 Å². The minimum Gasteiger partial charge on any atom is -0.493 e. The second kappa shape index (κ2) is 12.6. The zero-order valence-electron chi connectivity index (χ0n) is 23.0. The summed E-state index contributed by atoms with van der Waals surface area (Å²) in [6.07, 6.45) is 3.27. The first-order valence-electron chi connectivity index (χ1n) is 13.3. The lowest BCUT2D eigenvalue weighted by molar-refractivity contribution is -0.129. The summed E-state index contributed by atoms with van der Waals surface area (Å²) < 4.78 is 10.9. The summed E-state index contributed by atoms with van der Waals surface area (Å²) in [6, 6.07) is 21.9. The van der Waals surface area contributed by atoms with E-state index >= 15 is 0 Å². The standard InChI is InChI=1S/C31H32BrN5O4/c1-34(14-15-41-2)29(38)16-28-30(39)37(20-26-17-33-21-35(26)18-22-10-12-25(32)13-11-22)31(40)36(28)19-24-8-5-7-23-6-3-4-9-27(23)24/h3-13,17,21,39H,14-16,18-20H2,1-2H3. The van der Waals surface area contributed by atoms with Gasteiger partial charge in [0.2, 0.25) is 11.8 Å². The van der Waals surface area contributed by atoms with Gasteiger partial charge in [0, 0.05) is 37.9 Å². The summed E-state index contributed by atoms with van der Waals surface area (Å²) in [6.45, 7) is 1.66. The molecule has 3 aromatic carbocycles. The van der Waals surface area contributed by atoms with Crippen LogP contribution in [0.5, 0.6) is 5.88 Å². The average molecular weight is 619 g/mol. The van der Waals surface area contributed by atoms with Crippen molar-refractivity contribution in [1.82, 2.24) is 23.6 Å². The fourth-order valence-electron chi connectivity index (χ4n) is 4.91. The number of amides is 1. The van der Waals surface area contributed by atoms with Gasteiger partial charge in [0.15, 0.2) is 0 Å². The molecule has 0 unspecified atom stereocenters. The van der Waals surface area contributed by atoms with Crippen molar-refractivity contribution in [1.29, 1.82) is 0 Å². The van der Waals surface area contributed by atoms with Crippen LogP contribution in [0.25, 0.3) is 10.8 Å². The highest BCUT2D eigenvalue weighted by Crippen LogP contribution is 2.24. The SMILES string of the molecule is COCCN(C)C(=O)Cc1c(O)n(Cc2cncn2Cc2ccc(Br)cc2)c(=O)n1Cc1cccc2ccccc12. The lowest BCUT2D eigenvalue weighted by Gasteiger charge is -2.17. The largest absolute Gasteiger partial charge is 0.493 e. The van der Waals surface area contributed by atoms with E-state index in [0.29, 0.717) is 19.7 Å². The maximum Gasteiger partial charge on any atom is 0.331 e. The fraction of sp³-hybridized carbons (Fsp3) is 0.258. The van der Waals surface area contributed by atoms with Gasteiger partial charge in [-0.1, -0.05) is 70.5 Å². The van der Waals surface area contributed by atoms with Crippen molar-refractivity contribution >= 4 is 32.6 Å². The number of ether oxygens (including phenoxy) is 1. The van der Waals surface area contributed by atoms with Gasteiger partial charge < -0.3 is 19.3 Å². The van der Waals surface area contributed by atoms with Gasteiger partial charge in [0.25, 0.3) is 0 Å². The van der Waals surface area contributed by atoms with Crippen molar-refractivity contribution < 1.29 is 14.6 Å². The van der Waals surface area contributed by atoms with Gasteiger partial charge in [-0.3, -0.25) is 13.9 Å². The van der Waals surface area contributed by atoms with Crippen molar-refractivity contribution in [3.63, 3.8) is 0 Å². The third kappa shape index (κ3) is 6.28. The number of aromatic hydroxyl groups is 1. The summed E-state index contributed by atoms with van der Waals surface area (Å²) in [5.74, 6) is -0.443. The first kappa shape index (κ1) is 28.4. The highest BCUT2D eigenvalue weighted by Gasteiger charge is 2.24. The molecule has 41 heavy (non-hydrogen) atoms. The van der Waals surface area contributed by atoms with Crippen molar-refractivity contribution in [2.75, 3.05) is 27.3 Å². The maximum atomic E-state index is 13.9. The van der Waals surface area contributed by atoms with Crippen LogP contribution in [0.2, 0.25) is 0 Å². The number of fused-ring (bicyclic) bond motifs is 1. The van der Waals surface area contributed by atoms with Gasteiger partial charge >= 0.3 is 5.69 Å². The number of benzene rings is 3. The van der Waals surface area contributed by atoms with Crippen molar-refractivity contribution in [3.05, 3.63) is 117 Å². The summed E-state index contributed by atoms with van der Waals surface area (Å²) in [5.41, 5.74) is 2.63. The van der Waals surface area contributed by atoms with Crippen molar-refractivity contribution in [2.45, 2.75) is 26.1 Å². The van der Waals surface area contributed by atoms with E-state index in [9.17, 15) is 14.7 Å². The molecule has 0 aliphatic rings. The Balaban J connectivity index is 1.51. The molecule has 10 heteroatoms. The molecule has 5 aromatic rings. The Labute approximate surface area is 246 Å². The summed E-state index contributed by atoms with van der Waals surface area (Å²) in [5, 5.41) is 13.5. The molecule has 0 saturated heterocycles. The van der Waals surface area contributed by atoms with Gasteiger partial charge in [-0.25, -0.2) is 9.78 Å². The van der Waals surface area contributed by atoms with Crippen LogP contribution in [0.15, 0.2) is 88.5 Å². The molecule has 212 valence electrons. The quantitative estimate of drug-likeness (QED) is 0.239. The Kier molecular flexibility index (Phi) is 8.70. The predicted molar refractivity (Wildman–Crippen MR) is 161 cm³/mol. The van der Waals surface area contributed by atoms with Crippen LogP contribution >= 0.6 is 15.9 Å². The molecule has 2 heterocycles. The van der Waals surface area contributed by atoms with E-state index in [-0.39, 0.29) is 37.0 Å². The van der Waals surface area contributed by atoms with Crippen molar-refractivity contribution in [2.24, 2.45) is 0 Å². The zero-order chi connectivity index (χ0) is 28.9. The van der Waals surface area contributed by atoms with E-state index in [2.05, 4.69) is 20.9 Å². The summed E-state index contributed by atoms with van der Waals surface area (Å²) >= 11 is 3.46. The first-order chi connectivity index (χ1) is 19.9. The number of nitrogens with zero attached hydrogens (tertiary/aromatic N) is 5. The molecule has 0 bridgehead atoms. The number of imidazole rings is 2. The van der Waals surface area contributed by atoms with Crippen LogP contribution in [0, 0.1) is 0 Å².